The van der Waals surface area contributed by atoms with Gasteiger partial charge in [0.05, 0.1) is 26.1 Å². The maximum Gasteiger partial charge on any atom is 0.308 e. The van der Waals surface area contributed by atoms with E-state index in [2.05, 4.69) is 10.1 Å². The molecule has 7 heteroatoms. The average molecular weight is 369 g/mol. The number of fused-ring (bicyclic) bond motifs is 2. The first-order chi connectivity index (χ1) is 11.6. The molecule has 1 amide bonds. The number of hydrogen-bond donors (Lipinski definition) is 2. The van der Waals surface area contributed by atoms with E-state index >= 15 is 0 Å². The van der Waals surface area contributed by atoms with Crippen LogP contribution in [0.15, 0.2) is 24.3 Å². The fourth-order valence-electron chi connectivity index (χ4n) is 3.94. The first-order valence-electron chi connectivity index (χ1n) is 8.44. The molecule has 6 nitrogen and oxygen atoms in total. The second-order valence-electron chi connectivity index (χ2n) is 6.62. The van der Waals surface area contributed by atoms with Crippen LogP contribution >= 0.6 is 12.4 Å². The monoisotopic (exact) mass is 368 g/mol. The van der Waals surface area contributed by atoms with Gasteiger partial charge >= 0.3 is 5.97 Å². The van der Waals surface area contributed by atoms with E-state index in [0.717, 1.165) is 24.9 Å². The molecule has 138 valence electrons. The van der Waals surface area contributed by atoms with Gasteiger partial charge in [0.25, 0.3) is 0 Å². The standard InChI is InChI=1S/C18H24N2O4.ClH/c1-23-15(21)8-9-24-14-6-4-13(5-7-14)20-18(22)16-11-2-3-12(10-11)17(16)19;/h4-7,11-12,16-17H,2-3,8-10,19H2,1H3,(H,20,22);1H. The van der Waals surface area contributed by atoms with Gasteiger partial charge in [-0.1, -0.05) is 0 Å². The summed E-state index contributed by atoms with van der Waals surface area (Å²) < 4.78 is 10.0. The minimum atomic E-state index is -0.305. The van der Waals surface area contributed by atoms with Crippen LogP contribution in [0.2, 0.25) is 0 Å². The molecule has 0 aromatic heterocycles. The quantitative estimate of drug-likeness (QED) is 0.752. The fraction of sp³-hybridized carbons (Fsp3) is 0.556. The van der Waals surface area contributed by atoms with Crippen LogP contribution in [0.4, 0.5) is 5.69 Å². The highest BCUT2D eigenvalue weighted by atomic mass is 35.5. The molecule has 25 heavy (non-hydrogen) atoms. The van der Waals surface area contributed by atoms with Gasteiger partial charge in [-0.25, -0.2) is 0 Å². The number of hydrogen-bond acceptors (Lipinski definition) is 5. The Balaban J connectivity index is 0.00000225. The van der Waals surface area contributed by atoms with Crippen LogP contribution in [0.3, 0.4) is 0 Å². The molecule has 0 radical (unpaired) electrons. The van der Waals surface area contributed by atoms with E-state index in [4.69, 9.17) is 10.5 Å². The highest BCUT2D eigenvalue weighted by molar-refractivity contribution is 5.93. The minimum Gasteiger partial charge on any atom is -0.493 e. The predicted molar refractivity (Wildman–Crippen MR) is 96.7 cm³/mol. The third kappa shape index (κ3) is 4.44. The Labute approximate surface area is 153 Å². The van der Waals surface area contributed by atoms with Crippen LogP contribution in [0, 0.1) is 17.8 Å². The summed E-state index contributed by atoms with van der Waals surface area (Å²) in [5.74, 6) is 1.24. The third-order valence-electron chi connectivity index (χ3n) is 5.21. The molecule has 2 aliphatic rings. The second kappa shape index (κ2) is 8.54. The summed E-state index contributed by atoms with van der Waals surface area (Å²) in [6, 6.07) is 7.12. The number of carbonyl (C=O) groups is 2. The van der Waals surface area contributed by atoms with Crippen molar-refractivity contribution in [1.29, 1.82) is 0 Å². The third-order valence-corrected chi connectivity index (χ3v) is 5.21. The van der Waals surface area contributed by atoms with E-state index in [1.165, 1.54) is 7.11 Å². The molecule has 3 N–H and O–H groups in total. The SMILES string of the molecule is COC(=O)CCOc1ccc(NC(=O)C2C3CCC(C3)C2N)cc1.Cl. The lowest BCUT2D eigenvalue weighted by atomic mass is 9.84. The fourth-order valence-corrected chi connectivity index (χ4v) is 3.94. The lowest BCUT2D eigenvalue weighted by molar-refractivity contribution is -0.141. The molecule has 0 saturated heterocycles. The predicted octanol–water partition coefficient (Wildman–Crippen LogP) is 2.36. The van der Waals surface area contributed by atoms with Crippen molar-refractivity contribution in [1.82, 2.24) is 0 Å². The van der Waals surface area contributed by atoms with E-state index in [-0.39, 0.29) is 49.3 Å². The van der Waals surface area contributed by atoms with E-state index in [1.54, 1.807) is 24.3 Å². The Kier molecular flexibility index (Phi) is 6.67. The molecule has 2 aliphatic carbocycles. The Morgan fingerprint density at radius 3 is 2.48 bits per heavy atom. The summed E-state index contributed by atoms with van der Waals surface area (Å²) in [6.45, 7) is 0.262. The average Bonchev–Trinajstić information content (AvgIpc) is 3.17. The molecule has 2 fully saturated rings. The molecule has 0 spiro atoms. The summed E-state index contributed by atoms with van der Waals surface area (Å²) in [7, 11) is 1.35. The number of methoxy groups -OCH3 is 1. The van der Waals surface area contributed by atoms with E-state index in [0.29, 0.717) is 17.6 Å². The number of nitrogens with one attached hydrogen (secondary N) is 1. The molecular weight excluding hydrogens is 344 g/mol. The van der Waals surface area contributed by atoms with Crippen LogP contribution in [-0.2, 0) is 14.3 Å². The van der Waals surface area contributed by atoms with Crippen LogP contribution in [-0.4, -0.2) is 31.6 Å². The molecule has 4 unspecified atom stereocenters. The first-order valence-corrected chi connectivity index (χ1v) is 8.44. The summed E-state index contributed by atoms with van der Waals surface area (Å²) in [5, 5.41) is 2.96. The number of amides is 1. The van der Waals surface area contributed by atoms with Crippen LogP contribution in [0.5, 0.6) is 5.75 Å². The van der Waals surface area contributed by atoms with Crippen molar-refractivity contribution in [3.05, 3.63) is 24.3 Å². The molecular formula is C18H25ClN2O4. The van der Waals surface area contributed by atoms with Gasteiger partial charge in [-0.2, -0.15) is 0 Å². The van der Waals surface area contributed by atoms with Crippen molar-refractivity contribution in [2.75, 3.05) is 19.0 Å². The van der Waals surface area contributed by atoms with Gasteiger partial charge < -0.3 is 20.5 Å². The number of anilines is 1. The lowest BCUT2D eigenvalue weighted by Gasteiger charge is -2.27. The number of ether oxygens (including phenoxy) is 2. The normalized spacial score (nSPS) is 26.6. The topological polar surface area (TPSA) is 90.6 Å². The summed E-state index contributed by atoms with van der Waals surface area (Å²) in [4.78, 5) is 23.5. The van der Waals surface area contributed by atoms with Crippen molar-refractivity contribution >= 4 is 30.0 Å². The minimum absolute atomic E-state index is 0. The van der Waals surface area contributed by atoms with Gasteiger partial charge in [-0.3, -0.25) is 9.59 Å². The molecule has 0 heterocycles. The molecule has 3 rings (SSSR count). The van der Waals surface area contributed by atoms with Gasteiger partial charge in [-0.05, 0) is 55.4 Å². The Morgan fingerprint density at radius 1 is 1.20 bits per heavy atom. The molecule has 0 aliphatic heterocycles. The molecule has 4 atom stereocenters. The molecule has 2 saturated carbocycles. The maximum absolute atomic E-state index is 12.5. The van der Waals surface area contributed by atoms with Crippen molar-refractivity contribution in [2.24, 2.45) is 23.5 Å². The molecule has 1 aromatic rings. The highest BCUT2D eigenvalue weighted by Gasteiger charge is 2.49. The van der Waals surface area contributed by atoms with E-state index in [9.17, 15) is 9.59 Å². The number of nitrogens with two attached hydrogens (primary N) is 1. The van der Waals surface area contributed by atoms with Crippen molar-refractivity contribution in [2.45, 2.75) is 31.7 Å². The van der Waals surface area contributed by atoms with Gasteiger partial charge in [0.15, 0.2) is 0 Å². The number of carbonyl (C=O) groups excluding carboxylic acids is 2. The molecule has 1 aromatic carbocycles. The Morgan fingerprint density at radius 2 is 1.88 bits per heavy atom. The second-order valence-corrected chi connectivity index (χ2v) is 6.62. The van der Waals surface area contributed by atoms with E-state index in [1.807, 2.05) is 0 Å². The van der Waals surface area contributed by atoms with E-state index < -0.39 is 0 Å². The number of esters is 1. The zero-order valence-electron chi connectivity index (χ0n) is 14.3. The number of rotatable bonds is 6. The smallest absolute Gasteiger partial charge is 0.308 e. The Bertz CT molecular complexity index is 606. The first kappa shape index (κ1) is 19.5. The van der Waals surface area contributed by atoms with Gasteiger partial charge in [-0.15, -0.1) is 12.4 Å². The number of benzene rings is 1. The maximum atomic E-state index is 12.5. The summed E-state index contributed by atoms with van der Waals surface area (Å²) in [5.41, 5.74) is 6.95. The lowest BCUT2D eigenvalue weighted by Crippen LogP contribution is -2.42. The van der Waals surface area contributed by atoms with Gasteiger partial charge in [0.1, 0.15) is 5.75 Å². The Hall–Kier alpha value is -1.79. The van der Waals surface area contributed by atoms with Gasteiger partial charge in [0.2, 0.25) is 5.91 Å². The van der Waals surface area contributed by atoms with Crippen molar-refractivity contribution in [3.8, 4) is 5.75 Å². The summed E-state index contributed by atoms with van der Waals surface area (Å²) >= 11 is 0. The largest absolute Gasteiger partial charge is 0.493 e. The highest BCUT2D eigenvalue weighted by Crippen LogP contribution is 2.47. The van der Waals surface area contributed by atoms with Crippen molar-refractivity contribution in [3.63, 3.8) is 0 Å². The summed E-state index contributed by atoms with van der Waals surface area (Å²) in [6.07, 6.45) is 3.57. The zero-order chi connectivity index (χ0) is 17.1. The van der Waals surface area contributed by atoms with Crippen LogP contribution < -0.4 is 15.8 Å². The van der Waals surface area contributed by atoms with Gasteiger partial charge in [0, 0.05) is 11.7 Å². The van der Waals surface area contributed by atoms with Crippen LogP contribution in [0.25, 0.3) is 0 Å². The zero-order valence-corrected chi connectivity index (χ0v) is 15.1. The molecule has 2 bridgehead atoms. The van der Waals surface area contributed by atoms with Crippen molar-refractivity contribution < 1.29 is 19.1 Å². The van der Waals surface area contributed by atoms with Crippen LogP contribution in [0.1, 0.15) is 25.7 Å². The number of halogens is 1.